The Morgan fingerprint density at radius 2 is 1.06 bits per heavy atom. The zero-order chi connectivity index (χ0) is 34.3. The van der Waals surface area contributed by atoms with Gasteiger partial charge in [-0.2, -0.15) is 0 Å². The molecule has 6 unspecified atom stereocenters. The molecule has 0 aromatic carbocycles. The largest absolute Gasteiger partial charge is 0.370 e. The molecule has 3 nitrogen and oxygen atoms in total. The minimum atomic E-state index is 0.181. The van der Waals surface area contributed by atoms with Crippen LogP contribution in [0.25, 0.3) is 0 Å². The number of rotatable bonds is 10. The number of hydrogen-bond donors (Lipinski definition) is 0. The van der Waals surface area contributed by atoms with Crippen molar-refractivity contribution in [2.45, 2.75) is 170 Å². The summed E-state index contributed by atoms with van der Waals surface area (Å²) < 4.78 is 19.7. The fraction of sp³-hybridized carbons (Fsp3) is 0.826. The van der Waals surface area contributed by atoms with Gasteiger partial charge in [0.15, 0.2) is 0 Å². The van der Waals surface area contributed by atoms with Gasteiger partial charge >= 0.3 is 0 Å². The minimum Gasteiger partial charge on any atom is -0.370 e. The van der Waals surface area contributed by atoms with Gasteiger partial charge in [-0.25, -0.2) is 0 Å². The molecule has 4 fully saturated rings. The van der Waals surface area contributed by atoms with E-state index in [4.69, 9.17) is 14.2 Å². The van der Waals surface area contributed by atoms with Gasteiger partial charge in [-0.3, -0.25) is 0 Å². The highest BCUT2D eigenvalue weighted by Gasteiger charge is 2.58. The molecule has 272 valence electrons. The number of ether oxygens (including phenoxy) is 3. The van der Waals surface area contributed by atoms with E-state index in [1.165, 1.54) is 77.0 Å². The molecule has 2 saturated carbocycles. The predicted molar refractivity (Wildman–Crippen MR) is 201 cm³/mol. The maximum absolute atomic E-state index is 7.45. The lowest BCUT2D eigenvalue weighted by molar-refractivity contribution is -0.127. The van der Waals surface area contributed by atoms with Crippen molar-refractivity contribution in [3.63, 3.8) is 0 Å². The lowest BCUT2D eigenvalue weighted by atomic mass is 9.46. The van der Waals surface area contributed by atoms with Gasteiger partial charge in [-0.1, -0.05) is 104 Å². The number of fused-ring (bicyclic) bond motifs is 6. The van der Waals surface area contributed by atoms with Crippen LogP contribution >= 0.6 is 0 Å². The van der Waals surface area contributed by atoms with E-state index >= 15 is 0 Å². The molecule has 0 radical (unpaired) electrons. The van der Waals surface area contributed by atoms with Crippen LogP contribution in [0.2, 0.25) is 0 Å². The molecule has 6 aliphatic carbocycles. The predicted octanol–water partition coefficient (Wildman–Crippen LogP) is 11.6. The van der Waals surface area contributed by atoms with Crippen molar-refractivity contribution in [3.05, 3.63) is 46.6 Å². The van der Waals surface area contributed by atoms with Gasteiger partial charge < -0.3 is 14.2 Å². The van der Waals surface area contributed by atoms with Crippen LogP contribution in [-0.4, -0.2) is 37.6 Å². The zero-order valence-electron chi connectivity index (χ0n) is 32.6. The molecule has 8 rings (SSSR count). The van der Waals surface area contributed by atoms with Crippen molar-refractivity contribution < 1.29 is 14.2 Å². The normalized spacial score (nSPS) is 45.5. The zero-order valence-corrected chi connectivity index (χ0v) is 32.6. The maximum Gasteiger partial charge on any atom is 0.107 e. The SMILES string of the molecule is CC(C)C1=CC2=CCC3[C@@](C)(CC(OC(C[C@@]4(C)CCC[C@@]5(C)C4CC=C4C=C(C(C)C)CC[C@H]45)C4CO4)C4CO4)CCC[C@]3(C)[C@@H]2CC1. The third-order valence-electron chi connectivity index (χ3n) is 16.6. The highest BCUT2D eigenvalue weighted by atomic mass is 16.6. The first-order valence-corrected chi connectivity index (χ1v) is 21.0. The standard InChI is InChI=1S/C46H70O3/c1-29(2)31-11-15-35-33(23-31)13-17-41-43(5,19-9-21-45(35,41)7)25-37(39-27-47-39)49-38(40-28-48-40)26-44(6)20-10-22-46(8)36-16-12-32(30(3)4)24-34(36)14-18-42(44)46/h13-14,23-24,29-30,35-42H,9-12,15-22,25-28H2,1-8H3/t35-,36-,37?,38?,39?,40?,41?,42?,43-,44-,45-,46-/m1/s1. The molecular weight excluding hydrogens is 601 g/mol. The van der Waals surface area contributed by atoms with Gasteiger partial charge in [0.25, 0.3) is 0 Å². The van der Waals surface area contributed by atoms with Crippen LogP contribution in [0.4, 0.5) is 0 Å². The topological polar surface area (TPSA) is 34.3 Å². The molecule has 3 heteroatoms. The second-order valence-electron chi connectivity index (χ2n) is 20.3. The van der Waals surface area contributed by atoms with Gasteiger partial charge in [-0.05, 0) is 145 Å². The molecule has 0 aromatic heterocycles. The average molecular weight is 671 g/mol. The van der Waals surface area contributed by atoms with Crippen LogP contribution in [0.5, 0.6) is 0 Å². The van der Waals surface area contributed by atoms with Crippen molar-refractivity contribution >= 4 is 0 Å². The van der Waals surface area contributed by atoms with Crippen LogP contribution in [-0.2, 0) is 14.2 Å². The van der Waals surface area contributed by atoms with E-state index in [0.717, 1.165) is 49.7 Å². The molecule has 12 atom stereocenters. The molecule has 0 N–H and O–H groups in total. The molecule has 8 aliphatic rings. The molecule has 0 aromatic rings. The monoisotopic (exact) mass is 671 g/mol. The Bertz CT molecular complexity index is 1290. The summed E-state index contributed by atoms with van der Waals surface area (Å²) in [6, 6.07) is 0. The molecule has 49 heavy (non-hydrogen) atoms. The number of hydrogen-bond acceptors (Lipinski definition) is 3. The maximum atomic E-state index is 7.45. The number of allylic oxidation sites excluding steroid dienone is 8. The van der Waals surface area contributed by atoms with E-state index in [1.807, 2.05) is 0 Å². The van der Waals surface area contributed by atoms with Crippen LogP contribution < -0.4 is 0 Å². The fourth-order valence-electron chi connectivity index (χ4n) is 13.7. The Hall–Kier alpha value is -1.16. The Kier molecular flexibility index (Phi) is 9.09. The summed E-state index contributed by atoms with van der Waals surface area (Å²) in [6.07, 6.45) is 29.6. The second kappa shape index (κ2) is 12.8. The Morgan fingerprint density at radius 1 is 0.653 bits per heavy atom. The molecule has 2 heterocycles. The highest BCUT2D eigenvalue weighted by Crippen LogP contribution is 2.65. The van der Waals surface area contributed by atoms with E-state index in [9.17, 15) is 0 Å². The van der Waals surface area contributed by atoms with E-state index in [2.05, 4.69) is 79.7 Å². The minimum absolute atomic E-state index is 0.181. The van der Waals surface area contributed by atoms with Crippen molar-refractivity contribution in [2.24, 2.45) is 57.2 Å². The quantitative estimate of drug-likeness (QED) is 0.217. The lowest BCUT2D eigenvalue weighted by Gasteiger charge is -2.59. The third-order valence-corrected chi connectivity index (χ3v) is 16.6. The third kappa shape index (κ3) is 6.24. The van der Waals surface area contributed by atoms with Crippen LogP contribution in [0.15, 0.2) is 46.6 Å². The van der Waals surface area contributed by atoms with Crippen molar-refractivity contribution in [2.75, 3.05) is 13.2 Å². The van der Waals surface area contributed by atoms with Gasteiger partial charge in [0.1, 0.15) is 12.2 Å². The van der Waals surface area contributed by atoms with Gasteiger partial charge in [-0.15, -0.1) is 0 Å². The smallest absolute Gasteiger partial charge is 0.107 e. The van der Waals surface area contributed by atoms with E-state index < -0.39 is 0 Å². The Balaban J connectivity index is 1.01. The molecule has 2 aliphatic heterocycles. The molecule has 2 saturated heterocycles. The Morgan fingerprint density at radius 3 is 1.43 bits per heavy atom. The van der Waals surface area contributed by atoms with E-state index in [-0.39, 0.29) is 35.2 Å². The Labute approximate surface area is 300 Å². The van der Waals surface area contributed by atoms with Crippen molar-refractivity contribution in [3.8, 4) is 0 Å². The summed E-state index contributed by atoms with van der Waals surface area (Å²) in [4.78, 5) is 0. The molecular formula is C46H70O3. The van der Waals surface area contributed by atoms with Gasteiger partial charge in [0.05, 0.1) is 25.4 Å². The molecule has 0 spiro atoms. The van der Waals surface area contributed by atoms with Gasteiger partial charge in [0.2, 0.25) is 0 Å². The summed E-state index contributed by atoms with van der Waals surface area (Å²) in [5, 5.41) is 0. The van der Waals surface area contributed by atoms with E-state index in [0.29, 0.717) is 22.7 Å². The van der Waals surface area contributed by atoms with E-state index in [1.54, 1.807) is 22.3 Å². The van der Waals surface area contributed by atoms with Crippen molar-refractivity contribution in [1.29, 1.82) is 0 Å². The molecule has 0 amide bonds. The summed E-state index contributed by atoms with van der Waals surface area (Å²) >= 11 is 0. The molecule has 0 bridgehead atoms. The number of epoxide rings is 2. The van der Waals surface area contributed by atoms with Crippen LogP contribution in [0, 0.1) is 57.2 Å². The average Bonchev–Trinajstić information content (AvgIpc) is 3.97. The van der Waals surface area contributed by atoms with Crippen LogP contribution in [0.1, 0.15) is 145 Å². The van der Waals surface area contributed by atoms with Gasteiger partial charge in [0, 0.05) is 0 Å². The summed E-state index contributed by atoms with van der Waals surface area (Å²) in [7, 11) is 0. The van der Waals surface area contributed by atoms with Crippen LogP contribution in [0.3, 0.4) is 0 Å². The lowest BCUT2D eigenvalue weighted by Crippen LogP contribution is -2.52. The summed E-state index contributed by atoms with van der Waals surface area (Å²) in [5.41, 5.74) is 8.02. The van der Waals surface area contributed by atoms with Crippen molar-refractivity contribution in [1.82, 2.24) is 0 Å². The first-order chi connectivity index (χ1) is 23.3. The first-order valence-electron chi connectivity index (χ1n) is 21.0. The summed E-state index contributed by atoms with van der Waals surface area (Å²) in [6.45, 7) is 21.9. The first kappa shape index (κ1) is 34.9. The second-order valence-corrected chi connectivity index (χ2v) is 20.3. The fourth-order valence-corrected chi connectivity index (χ4v) is 13.7. The highest BCUT2D eigenvalue weighted by molar-refractivity contribution is 5.36. The summed E-state index contributed by atoms with van der Waals surface area (Å²) in [5.74, 6) is 4.22.